The summed E-state index contributed by atoms with van der Waals surface area (Å²) in [7, 11) is -3.40. The fourth-order valence-electron chi connectivity index (χ4n) is 2.26. The zero-order valence-corrected chi connectivity index (χ0v) is 12.9. The van der Waals surface area contributed by atoms with Gasteiger partial charge in [-0.1, -0.05) is 29.3 Å². The van der Waals surface area contributed by atoms with Crippen LogP contribution in [-0.4, -0.2) is 25.2 Å². The predicted molar refractivity (Wildman–Crippen MR) is 77.9 cm³/mol. The summed E-state index contributed by atoms with van der Waals surface area (Å²) in [6.45, 7) is 0. The molecule has 0 unspecified atom stereocenters. The highest BCUT2D eigenvalue weighted by molar-refractivity contribution is 7.90. The van der Waals surface area contributed by atoms with Gasteiger partial charge in [-0.25, -0.2) is 8.42 Å². The maximum absolute atomic E-state index is 12.2. The molecule has 0 bridgehead atoms. The summed E-state index contributed by atoms with van der Waals surface area (Å²) in [6, 6.07) is 4.67. The number of carboxylic acid groups (broad SMARTS) is 1. The van der Waals surface area contributed by atoms with Gasteiger partial charge in [0.1, 0.15) is 0 Å². The van der Waals surface area contributed by atoms with Crippen LogP contribution in [0.3, 0.4) is 0 Å². The monoisotopic (exact) mass is 336 g/mol. The van der Waals surface area contributed by atoms with E-state index < -0.39 is 21.2 Å². The van der Waals surface area contributed by atoms with Gasteiger partial charge < -0.3 is 5.11 Å². The van der Waals surface area contributed by atoms with Crippen LogP contribution in [-0.2, 0) is 20.4 Å². The molecule has 0 saturated heterocycles. The molecule has 4 nitrogen and oxygen atoms in total. The molecule has 20 heavy (non-hydrogen) atoms. The summed E-state index contributed by atoms with van der Waals surface area (Å²) in [4.78, 5) is 10.8. The average molecular weight is 337 g/mol. The maximum atomic E-state index is 12.2. The van der Waals surface area contributed by atoms with Gasteiger partial charge in [-0.05, 0) is 36.0 Å². The maximum Gasteiger partial charge on any atom is 0.303 e. The van der Waals surface area contributed by atoms with E-state index in [2.05, 4.69) is 0 Å². The van der Waals surface area contributed by atoms with Crippen LogP contribution in [0.2, 0.25) is 10.0 Å². The van der Waals surface area contributed by atoms with E-state index in [0.29, 0.717) is 28.5 Å². The topological polar surface area (TPSA) is 71.4 Å². The Hall–Kier alpha value is -0.780. The van der Waals surface area contributed by atoms with Gasteiger partial charge in [-0.2, -0.15) is 0 Å². The van der Waals surface area contributed by atoms with Crippen LogP contribution < -0.4 is 0 Å². The molecule has 0 aromatic heterocycles. The first-order valence-electron chi connectivity index (χ1n) is 6.08. The first-order valence-corrected chi connectivity index (χ1v) is 8.65. The number of hydrogen-bond acceptors (Lipinski definition) is 3. The van der Waals surface area contributed by atoms with Gasteiger partial charge >= 0.3 is 5.97 Å². The van der Waals surface area contributed by atoms with Gasteiger partial charge in [0.15, 0.2) is 9.84 Å². The molecule has 1 aliphatic rings. The van der Waals surface area contributed by atoms with Gasteiger partial charge in [-0.3, -0.25) is 4.79 Å². The van der Waals surface area contributed by atoms with Gasteiger partial charge in [-0.15, -0.1) is 0 Å². The Morgan fingerprint density at radius 2 is 1.95 bits per heavy atom. The van der Waals surface area contributed by atoms with Crippen LogP contribution in [0.1, 0.15) is 24.8 Å². The van der Waals surface area contributed by atoms with Crippen molar-refractivity contribution in [1.82, 2.24) is 0 Å². The lowest BCUT2D eigenvalue weighted by atomic mass is 10.1. The van der Waals surface area contributed by atoms with Crippen LogP contribution in [0.25, 0.3) is 0 Å². The molecule has 1 N–H and O–H groups in total. The van der Waals surface area contributed by atoms with Crippen molar-refractivity contribution in [1.29, 1.82) is 0 Å². The Labute approximate surface area is 127 Å². The molecule has 1 saturated carbocycles. The number of hydrogen-bond donors (Lipinski definition) is 1. The summed E-state index contributed by atoms with van der Waals surface area (Å²) in [5.74, 6) is -1.25. The smallest absolute Gasteiger partial charge is 0.303 e. The van der Waals surface area contributed by atoms with Crippen LogP contribution in [0, 0.1) is 5.41 Å². The lowest BCUT2D eigenvalue weighted by molar-refractivity contribution is -0.138. The van der Waals surface area contributed by atoms with Crippen molar-refractivity contribution in [2.24, 2.45) is 5.41 Å². The normalized spacial score (nSPS) is 16.9. The van der Waals surface area contributed by atoms with Crippen LogP contribution in [0.5, 0.6) is 0 Å². The lowest BCUT2D eigenvalue weighted by Crippen LogP contribution is -2.21. The summed E-state index contributed by atoms with van der Waals surface area (Å²) in [5.41, 5.74) is -0.0917. The van der Waals surface area contributed by atoms with Crippen molar-refractivity contribution in [3.8, 4) is 0 Å². The third-order valence-electron chi connectivity index (χ3n) is 3.40. The molecule has 110 valence electrons. The van der Waals surface area contributed by atoms with E-state index in [1.807, 2.05) is 0 Å². The minimum Gasteiger partial charge on any atom is -0.481 e. The Balaban J connectivity index is 2.10. The second kappa shape index (κ2) is 5.54. The van der Waals surface area contributed by atoms with Crippen molar-refractivity contribution in [2.75, 3.05) is 5.75 Å². The van der Waals surface area contributed by atoms with Crippen molar-refractivity contribution in [3.63, 3.8) is 0 Å². The highest BCUT2D eigenvalue weighted by Gasteiger charge is 2.47. The molecular weight excluding hydrogens is 323 g/mol. The lowest BCUT2D eigenvalue weighted by Gasteiger charge is -2.13. The molecule has 0 radical (unpaired) electrons. The van der Waals surface area contributed by atoms with Crippen molar-refractivity contribution in [2.45, 2.75) is 25.0 Å². The van der Waals surface area contributed by atoms with E-state index in [9.17, 15) is 13.2 Å². The first-order chi connectivity index (χ1) is 9.21. The zero-order chi connectivity index (χ0) is 15.0. The second-order valence-electron chi connectivity index (χ2n) is 5.34. The minimum atomic E-state index is -3.40. The molecule has 0 amide bonds. The Morgan fingerprint density at radius 1 is 1.30 bits per heavy atom. The van der Waals surface area contributed by atoms with Gasteiger partial charge in [0.2, 0.25) is 0 Å². The summed E-state index contributed by atoms with van der Waals surface area (Å²) in [5, 5.41) is 9.57. The molecule has 0 heterocycles. The number of carbonyl (C=O) groups is 1. The molecule has 7 heteroatoms. The largest absolute Gasteiger partial charge is 0.481 e. The summed E-state index contributed by atoms with van der Waals surface area (Å²) >= 11 is 11.7. The van der Waals surface area contributed by atoms with Gasteiger partial charge in [0, 0.05) is 10.0 Å². The number of rotatable bonds is 6. The number of benzene rings is 1. The first kappa shape index (κ1) is 15.6. The molecule has 0 aliphatic heterocycles. The summed E-state index contributed by atoms with van der Waals surface area (Å²) < 4.78 is 24.4. The van der Waals surface area contributed by atoms with Gasteiger partial charge in [0.25, 0.3) is 0 Å². The predicted octanol–water partition coefficient (Wildman–Crippen LogP) is 3.16. The molecular formula is C13H14Cl2O4S. The highest BCUT2D eigenvalue weighted by atomic mass is 35.5. The Kier molecular flexibility index (Phi) is 4.33. The quantitative estimate of drug-likeness (QED) is 0.865. The fourth-order valence-corrected chi connectivity index (χ4v) is 4.97. The SMILES string of the molecule is O=C(O)CC1(CS(=O)(=O)Cc2ccc(Cl)cc2Cl)CC1. The van der Waals surface area contributed by atoms with E-state index in [1.165, 1.54) is 6.07 Å². The fraction of sp³-hybridized carbons (Fsp3) is 0.462. The van der Waals surface area contributed by atoms with Crippen molar-refractivity contribution >= 4 is 39.0 Å². The van der Waals surface area contributed by atoms with E-state index in [4.69, 9.17) is 28.3 Å². The Bertz CT molecular complexity index is 636. The standard InChI is InChI=1S/C13H14Cl2O4S/c14-10-2-1-9(11(15)5-10)7-20(18,19)8-13(3-4-13)6-12(16)17/h1-2,5H,3-4,6-8H2,(H,16,17). The molecule has 1 fully saturated rings. The Morgan fingerprint density at radius 3 is 2.45 bits per heavy atom. The molecule has 1 aromatic carbocycles. The molecule has 2 rings (SSSR count). The van der Waals surface area contributed by atoms with E-state index >= 15 is 0 Å². The third kappa shape index (κ3) is 4.11. The molecule has 1 aliphatic carbocycles. The minimum absolute atomic E-state index is 0.0966. The van der Waals surface area contributed by atoms with Crippen LogP contribution >= 0.6 is 23.2 Å². The van der Waals surface area contributed by atoms with E-state index in [0.717, 1.165) is 0 Å². The van der Waals surface area contributed by atoms with Crippen molar-refractivity contribution < 1.29 is 18.3 Å². The van der Waals surface area contributed by atoms with E-state index in [-0.39, 0.29) is 17.9 Å². The number of halogens is 2. The number of aliphatic carboxylic acids is 1. The molecule has 0 atom stereocenters. The van der Waals surface area contributed by atoms with Crippen LogP contribution in [0.15, 0.2) is 18.2 Å². The van der Waals surface area contributed by atoms with Gasteiger partial charge in [0.05, 0.1) is 17.9 Å². The second-order valence-corrected chi connectivity index (χ2v) is 8.25. The molecule has 0 spiro atoms. The molecule has 1 aromatic rings. The van der Waals surface area contributed by atoms with E-state index in [1.54, 1.807) is 12.1 Å². The highest BCUT2D eigenvalue weighted by Crippen LogP contribution is 2.50. The van der Waals surface area contributed by atoms with Crippen molar-refractivity contribution in [3.05, 3.63) is 33.8 Å². The third-order valence-corrected chi connectivity index (χ3v) is 5.79. The zero-order valence-electron chi connectivity index (χ0n) is 10.6. The summed E-state index contributed by atoms with van der Waals surface area (Å²) in [6.07, 6.45) is 1.19. The van der Waals surface area contributed by atoms with Crippen LogP contribution in [0.4, 0.5) is 0 Å². The average Bonchev–Trinajstić information content (AvgIpc) is 2.99. The number of sulfone groups is 1. The number of carboxylic acids is 1.